The van der Waals surface area contributed by atoms with Crippen LogP contribution in [-0.4, -0.2) is 32.0 Å². The van der Waals surface area contributed by atoms with Gasteiger partial charge in [-0.15, -0.1) is 0 Å². The van der Waals surface area contributed by atoms with E-state index in [1.807, 2.05) is 0 Å². The number of hydrogen-bond acceptors (Lipinski definition) is 5. The number of aliphatic hydroxyl groups excluding tert-OH is 2. The van der Waals surface area contributed by atoms with E-state index in [2.05, 4.69) is 22.6 Å². The second-order valence-electron chi connectivity index (χ2n) is 3.50. The lowest BCUT2D eigenvalue weighted by Gasteiger charge is -2.16. The number of benzene rings is 1. The van der Waals surface area contributed by atoms with E-state index in [1.54, 1.807) is 30.6 Å². The first-order valence-corrected chi connectivity index (χ1v) is 5.53. The Hall–Kier alpha value is -1.17. The van der Waals surface area contributed by atoms with Gasteiger partial charge in [0.2, 0.25) is 0 Å². The van der Waals surface area contributed by atoms with Crippen LogP contribution in [0, 0.1) is 0 Å². The summed E-state index contributed by atoms with van der Waals surface area (Å²) in [6.07, 6.45) is 1.38. The van der Waals surface area contributed by atoms with Gasteiger partial charge in [-0.05, 0) is 17.7 Å². The molecule has 5 heteroatoms. The van der Waals surface area contributed by atoms with Crippen molar-refractivity contribution < 1.29 is 10.2 Å². The van der Waals surface area contributed by atoms with Crippen LogP contribution in [0.3, 0.4) is 0 Å². The highest BCUT2D eigenvalue weighted by Gasteiger charge is 2.17. The Labute approximate surface area is 98.4 Å². The van der Waals surface area contributed by atoms with Gasteiger partial charge in [0.1, 0.15) is 6.10 Å². The maximum absolute atomic E-state index is 9.80. The maximum Gasteiger partial charge on any atom is 0.106 e. The molecule has 0 saturated heterocycles. The van der Waals surface area contributed by atoms with Crippen LogP contribution in [0.25, 0.3) is 11.0 Å². The highest BCUT2D eigenvalue weighted by atomic mass is 32.1. The van der Waals surface area contributed by atoms with Crippen LogP contribution in [0.2, 0.25) is 0 Å². The fraction of sp³-hybridized carbons (Fsp3) is 0.273. The van der Waals surface area contributed by atoms with Gasteiger partial charge in [0.25, 0.3) is 0 Å². The minimum Gasteiger partial charge on any atom is -0.389 e. The smallest absolute Gasteiger partial charge is 0.106 e. The van der Waals surface area contributed by atoms with E-state index in [1.165, 1.54) is 0 Å². The van der Waals surface area contributed by atoms with Crippen LogP contribution < -0.4 is 0 Å². The van der Waals surface area contributed by atoms with Crippen LogP contribution in [0.5, 0.6) is 0 Å². The Bertz CT molecular complexity index is 492. The minimum absolute atomic E-state index is 0.208. The number of fused-ring (bicyclic) bond motifs is 1. The number of rotatable bonds is 3. The van der Waals surface area contributed by atoms with Gasteiger partial charge in [0.15, 0.2) is 0 Å². The van der Waals surface area contributed by atoms with Gasteiger partial charge in [-0.25, -0.2) is 0 Å². The minimum atomic E-state index is -0.941. The summed E-state index contributed by atoms with van der Waals surface area (Å²) in [5.41, 5.74) is 2.08. The van der Waals surface area contributed by atoms with Gasteiger partial charge in [-0.3, -0.25) is 9.97 Å². The van der Waals surface area contributed by atoms with E-state index in [9.17, 15) is 10.2 Å². The molecule has 84 valence electrons. The zero-order chi connectivity index (χ0) is 11.5. The number of aliphatic hydroxyl groups is 2. The van der Waals surface area contributed by atoms with Gasteiger partial charge in [0.05, 0.1) is 17.1 Å². The molecule has 0 aliphatic rings. The monoisotopic (exact) mass is 236 g/mol. The molecule has 2 rings (SSSR count). The average molecular weight is 236 g/mol. The first-order valence-electron chi connectivity index (χ1n) is 4.90. The zero-order valence-electron chi connectivity index (χ0n) is 8.48. The number of aromatic nitrogens is 2. The molecule has 0 fully saturated rings. The van der Waals surface area contributed by atoms with Gasteiger partial charge in [-0.2, -0.15) is 12.6 Å². The van der Waals surface area contributed by atoms with Gasteiger partial charge >= 0.3 is 0 Å². The summed E-state index contributed by atoms with van der Waals surface area (Å²) >= 11 is 3.94. The molecule has 0 aliphatic carbocycles. The summed E-state index contributed by atoms with van der Waals surface area (Å²) < 4.78 is 0. The molecule has 2 aromatic rings. The molecule has 1 heterocycles. The van der Waals surface area contributed by atoms with Crippen molar-refractivity contribution in [3.8, 4) is 0 Å². The molecule has 1 aromatic carbocycles. The molecular formula is C11H12N2O2S. The molecule has 0 radical (unpaired) electrons. The molecule has 2 atom stereocenters. The highest BCUT2D eigenvalue weighted by Crippen LogP contribution is 2.20. The van der Waals surface area contributed by atoms with Crippen molar-refractivity contribution in [1.82, 2.24) is 9.97 Å². The summed E-state index contributed by atoms with van der Waals surface area (Å²) in [4.78, 5) is 8.26. The molecular weight excluding hydrogens is 224 g/mol. The van der Waals surface area contributed by atoms with Crippen molar-refractivity contribution in [2.45, 2.75) is 12.2 Å². The van der Waals surface area contributed by atoms with Crippen molar-refractivity contribution in [3.63, 3.8) is 0 Å². The van der Waals surface area contributed by atoms with Gasteiger partial charge in [-0.1, -0.05) is 6.07 Å². The Balaban J connectivity index is 2.39. The number of thiol groups is 1. The fourth-order valence-electron chi connectivity index (χ4n) is 1.49. The Morgan fingerprint density at radius 2 is 1.81 bits per heavy atom. The zero-order valence-corrected chi connectivity index (χ0v) is 9.38. The molecule has 2 N–H and O–H groups in total. The Kier molecular flexibility index (Phi) is 3.38. The molecule has 0 spiro atoms. The first kappa shape index (κ1) is 11.3. The van der Waals surface area contributed by atoms with Gasteiger partial charge in [0, 0.05) is 18.1 Å². The van der Waals surface area contributed by atoms with E-state index >= 15 is 0 Å². The summed E-state index contributed by atoms with van der Waals surface area (Å²) in [5, 5.41) is 19.3. The first-order chi connectivity index (χ1) is 7.72. The second kappa shape index (κ2) is 4.78. The molecule has 16 heavy (non-hydrogen) atoms. The van der Waals surface area contributed by atoms with E-state index in [0.717, 1.165) is 5.52 Å². The van der Waals surface area contributed by atoms with Crippen LogP contribution in [0.4, 0.5) is 0 Å². The van der Waals surface area contributed by atoms with Crippen LogP contribution in [0.15, 0.2) is 30.6 Å². The summed E-state index contributed by atoms with van der Waals surface area (Å²) in [5.74, 6) is 0.208. The molecule has 4 nitrogen and oxygen atoms in total. The third-order valence-corrected chi connectivity index (χ3v) is 2.76. The Morgan fingerprint density at radius 1 is 1.12 bits per heavy atom. The lowest BCUT2D eigenvalue weighted by atomic mass is 10.0. The van der Waals surface area contributed by atoms with Crippen LogP contribution >= 0.6 is 12.6 Å². The molecule has 0 aliphatic heterocycles. The SMILES string of the molecule is OC(CS)C(O)c1ccc2nccnc2c1. The Morgan fingerprint density at radius 3 is 2.50 bits per heavy atom. The lowest BCUT2D eigenvalue weighted by molar-refractivity contribution is 0.0338. The number of hydrogen-bond donors (Lipinski definition) is 3. The summed E-state index contributed by atoms with van der Waals surface area (Å²) in [6.45, 7) is 0. The van der Waals surface area contributed by atoms with Crippen molar-refractivity contribution in [2.24, 2.45) is 0 Å². The van der Waals surface area contributed by atoms with E-state index in [0.29, 0.717) is 11.1 Å². The predicted molar refractivity (Wildman–Crippen MR) is 64.4 cm³/mol. The molecule has 0 bridgehead atoms. The van der Waals surface area contributed by atoms with Crippen molar-refractivity contribution in [2.75, 3.05) is 5.75 Å². The van der Waals surface area contributed by atoms with Crippen LogP contribution in [0.1, 0.15) is 11.7 Å². The largest absolute Gasteiger partial charge is 0.389 e. The third-order valence-electron chi connectivity index (χ3n) is 2.39. The van der Waals surface area contributed by atoms with E-state index in [4.69, 9.17) is 0 Å². The average Bonchev–Trinajstić information content (AvgIpc) is 2.36. The van der Waals surface area contributed by atoms with Crippen molar-refractivity contribution in [1.29, 1.82) is 0 Å². The normalized spacial score (nSPS) is 14.9. The van der Waals surface area contributed by atoms with Crippen molar-refractivity contribution in [3.05, 3.63) is 36.2 Å². The van der Waals surface area contributed by atoms with E-state index in [-0.39, 0.29) is 5.75 Å². The van der Waals surface area contributed by atoms with E-state index < -0.39 is 12.2 Å². The molecule has 0 amide bonds. The quantitative estimate of drug-likeness (QED) is 0.694. The number of nitrogens with zero attached hydrogens (tertiary/aromatic N) is 2. The van der Waals surface area contributed by atoms with Gasteiger partial charge < -0.3 is 10.2 Å². The highest BCUT2D eigenvalue weighted by molar-refractivity contribution is 7.80. The second-order valence-corrected chi connectivity index (χ2v) is 3.86. The maximum atomic E-state index is 9.80. The molecule has 2 unspecified atom stereocenters. The standard InChI is InChI=1S/C11H12N2O2S/c14-10(6-16)11(15)7-1-2-8-9(5-7)13-4-3-12-8/h1-5,10-11,14-16H,6H2. The fourth-order valence-corrected chi connectivity index (χ4v) is 1.69. The topological polar surface area (TPSA) is 66.2 Å². The summed E-state index contributed by atoms with van der Waals surface area (Å²) in [6, 6.07) is 5.22. The molecule has 1 aromatic heterocycles. The summed E-state index contributed by atoms with van der Waals surface area (Å²) in [7, 11) is 0. The molecule has 0 saturated carbocycles. The van der Waals surface area contributed by atoms with Crippen LogP contribution in [-0.2, 0) is 0 Å². The lowest BCUT2D eigenvalue weighted by Crippen LogP contribution is -2.19. The van der Waals surface area contributed by atoms with Crippen molar-refractivity contribution >= 4 is 23.7 Å². The third kappa shape index (κ3) is 2.16. The predicted octanol–water partition coefficient (Wildman–Crippen LogP) is 0.954.